The standard InChI is InChI=1S/C13H20N2O/c1-15-9-5-8-13(15)10-14-16-11-12-6-3-2-4-7-12/h2-4,6-7,13-14H,5,8-11H2,1H3. The molecule has 1 fully saturated rings. The molecule has 0 aliphatic carbocycles. The molecule has 0 saturated carbocycles. The van der Waals surface area contributed by atoms with Crippen molar-refractivity contribution in [2.75, 3.05) is 20.1 Å². The highest BCUT2D eigenvalue weighted by Gasteiger charge is 2.19. The average molecular weight is 220 g/mol. The molecular formula is C13H20N2O. The Labute approximate surface area is 97.4 Å². The highest BCUT2D eigenvalue weighted by molar-refractivity contribution is 5.13. The maximum atomic E-state index is 5.45. The van der Waals surface area contributed by atoms with Crippen LogP contribution in [0.2, 0.25) is 0 Å². The Morgan fingerprint density at radius 1 is 1.38 bits per heavy atom. The van der Waals surface area contributed by atoms with E-state index >= 15 is 0 Å². The first-order chi connectivity index (χ1) is 7.86. The van der Waals surface area contributed by atoms with Crippen LogP contribution in [0.3, 0.4) is 0 Å². The van der Waals surface area contributed by atoms with Crippen LogP contribution in [0.4, 0.5) is 0 Å². The molecule has 0 spiro atoms. The lowest BCUT2D eigenvalue weighted by atomic mass is 10.2. The van der Waals surface area contributed by atoms with Crippen molar-refractivity contribution < 1.29 is 4.84 Å². The van der Waals surface area contributed by atoms with Crippen LogP contribution in [0.5, 0.6) is 0 Å². The van der Waals surface area contributed by atoms with Gasteiger partial charge >= 0.3 is 0 Å². The Morgan fingerprint density at radius 2 is 2.19 bits per heavy atom. The maximum absolute atomic E-state index is 5.45. The Hall–Kier alpha value is -0.900. The first kappa shape index (κ1) is 11.6. The average Bonchev–Trinajstić information content (AvgIpc) is 2.72. The maximum Gasteiger partial charge on any atom is 0.0933 e. The molecule has 1 aromatic rings. The molecule has 0 bridgehead atoms. The molecule has 1 aliphatic rings. The van der Waals surface area contributed by atoms with Crippen molar-refractivity contribution in [1.82, 2.24) is 10.4 Å². The number of likely N-dealkylation sites (tertiary alicyclic amines) is 1. The second kappa shape index (κ2) is 5.99. The summed E-state index contributed by atoms with van der Waals surface area (Å²) in [7, 11) is 2.18. The molecule has 0 amide bonds. The molecule has 0 aromatic heterocycles. The monoisotopic (exact) mass is 220 g/mol. The number of benzene rings is 1. The van der Waals surface area contributed by atoms with Gasteiger partial charge in [-0.05, 0) is 32.0 Å². The highest BCUT2D eigenvalue weighted by atomic mass is 16.6. The molecule has 3 nitrogen and oxygen atoms in total. The van der Waals surface area contributed by atoms with Crippen LogP contribution in [0.15, 0.2) is 30.3 Å². The van der Waals surface area contributed by atoms with Crippen LogP contribution in [0.25, 0.3) is 0 Å². The quantitative estimate of drug-likeness (QED) is 0.605. The van der Waals surface area contributed by atoms with E-state index in [9.17, 15) is 0 Å². The van der Waals surface area contributed by atoms with Gasteiger partial charge in [-0.25, -0.2) is 5.48 Å². The smallest absolute Gasteiger partial charge is 0.0933 e. The van der Waals surface area contributed by atoms with Crippen LogP contribution < -0.4 is 5.48 Å². The minimum Gasteiger partial charge on any atom is -0.302 e. The number of hydrogen-bond donors (Lipinski definition) is 1. The van der Waals surface area contributed by atoms with Crippen molar-refractivity contribution in [3.05, 3.63) is 35.9 Å². The summed E-state index contributed by atoms with van der Waals surface area (Å²) < 4.78 is 0. The van der Waals surface area contributed by atoms with Gasteiger partial charge in [0.05, 0.1) is 6.61 Å². The number of nitrogens with zero attached hydrogens (tertiary/aromatic N) is 1. The summed E-state index contributed by atoms with van der Waals surface area (Å²) in [5.41, 5.74) is 4.27. The van der Waals surface area contributed by atoms with Gasteiger partial charge in [-0.15, -0.1) is 0 Å². The van der Waals surface area contributed by atoms with Gasteiger partial charge in [0.25, 0.3) is 0 Å². The first-order valence-electron chi connectivity index (χ1n) is 5.95. The topological polar surface area (TPSA) is 24.5 Å². The Bertz CT molecular complexity index is 302. The molecule has 1 aliphatic heterocycles. The summed E-state index contributed by atoms with van der Waals surface area (Å²) in [6.45, 7) is 2.77. The van der Waals surface area contributed by atoms with Crippen LogP contribution >= 0.6 is 0 Å². The fraction of sp³-hybridized carbons (Fsp3) is 0.538. The summed E-state index contributed by atoms with van der Waals surface area (Å²) >= 11 is 0. The molecule has 1 heterocycles. The third-order valence-electron chi connectivity index (χ3n) is 3.17. The zero-order chi connectivity index (χ0) is 11.2. The van der Waals surface area contributed by atoms with E-state index in [1.54, 1.807) is 0 Å². The number of hydrogen-bond acceptors (Lipinski definition) is 3. The van der Waals surface area contributed by atoms with E-state index in [4.69, 9.17) is 4.84 Å². The van der Waals surface area contributed by atoms with Gasteiger partial charge in [-0.1, -0.05) is 30.3 Å². The van der Waals surface area contributed by atoms with E-state index in [1.807, 2.05) is 18.2 Å². The zero-order valence-corrected chi connectivity index (χ0v) is 9.86. The Kier molecular flexibility index (Phi) is 4.34. The summed E-state index contributed by atoms with van der Waals surface area (Å²) in [5.74, 6) is 0. The molecule has 88 valence electrons. The lowest BCUT2D eigenvalue weighted by molar-refractivity contribution is 0.0174. The molecule has 1 saturated heterocycles. The van der Waals surface area contributed by atoms with Crippen molar-refractivity contribution in [3.63, 3.8) is 0 Å². The molecule has 1 unspecified atom stereocenters. The second-order valence-electron chi connectivity index (χ2n) is 4.40. The van der Waals surface area contributed by atoms with E-state index in [-0.39, 0.29) is 0 Å². The summed E-state index contributed by atoms with van der Waals surface area (Å²) in [6.07, 6.45) is 2.58. The number of likely N-dealkylation sites (N-methyl/N-ethyl adjacent to an activating group) is 1. The van der Waals surface area contributed by atoms with Gasteiger partial charge in [-0.3, -0.25) is 4.84 Å². The molecule has 16 heavy (non-hydrogen) atoms. The van der Waals surface area contributed by atoms with E-state index in [2.05, 4.69) is 29.6 Å². The van der Waals surface area contributed by atoms with E-state index in [0.29, 0.717) is 12.6 Å². The summed E-state index contributed by atoms with van der Waals surface area (Å²) in [6, 6.07) is 10.9. The van der Waals surface area contributed by atoms with E-state index in [0.717, 1.165) is 6.54 Å². The van der Waals surface area contributed by atoms with Crippen molar-refractivity contribution in [3.8, 4) is 0 Å². The van der Waals surface area contributed by atoms with Crippen molar-refractivity contribution in [2.45, 2.75) is 25.5 Å². The summed E-state index contributed by atoms with van der Waals surface area (Å²) in [5, 5.41) is 0. The number of hydroxylamine groups is 1. The molecular weight excluding hydrogens is 200 g/mol. The molecule has 3 heteroatoms. The highest BCUT2D eigenvalue weighted by Crippen LogP contribution is 2.13. The van der Waals surface area contributed by atoms with Gasteiger partial charge < -0.3 is 4.90 Å². The fourth-order valence-electron chi connectivity index (χ4n) is 2.10. The van der Waals surface area contributed by atoms with E-state index in [1.165, 1.54) is 24.9 Å². The SMILES string of the molecule is CN1CCCC1CNOCc1ccccc1. The minimum atomic E-state index is 0.635. The number of rotatable bonds is 5. The lowest BCUT2D eigenvalue weighted by Gasteiger charge is -2.19. The molecule has 1 atom stereocenters. The van der Waals surface area contributed by atoms with Crippen LogP contribution in [-0.2, 0) is 11.4 Å². The van der Waals surface area contributed by atoms with Gasteiger partial charge in [0.15, 0.2) is 0 Å². The largest absolute Gasteiger partial charge is 0.302 e. The Morgan fingerprint density at radius 3 is 2.88 bits per heavy atom. The van der Waals surface area contributed by atoms with Gasteiger partial charge in [0.1, 0.15) is 0 Å². The third-order valence-corrected chi connectivity index (χ3v) is 3.17. The van der Waals surface area contributed by atoms with Crippen LogP contribution in [-0.4, -0.2) is 31.1 Å². The van der Waals surface area contributed by atoms with Gasteiger partial charge in [0, 0.05) is 12.6 Å². The molecule has 2 rings (SSSR count). The van der Waals surface area contributed by atoms with Crippen LogP contribution in [0, 0.1) is 0 Å². The number of nitrogens with one attached hydrogen (secondary N) is 1. The predicted octanol–water partition coefficient (Wildman–Crippen LogP) is 1.80. The Balaban J connectivity index is 1.62. The molecule has 1 N–H and O–H groups in total. The fourth-order valence-corrected chi connectivity index (χ4v) is 2.10. The minimum absolute atomic E-state index is 0.635. The third kappa shape index (κ3) is 3.30. The van der Waals surface area contributed by atoms with Gasteiger partial charge in [-0.2, -0.15) is 0 Å². The van der Waals surface area contributed by atoms with Crippen LogP contribution in [0.1, 0.15) is 18.4 Å². The van der Waals surface area contributed by atoms with Crippen molar-refractivity contribution in [1.29, 1.82) is 0 Å². The normalized spacial score (nSPS) is 21.4. The summed E-state index contributed by atoms with van der Waals surface area (Å²) in [4.78, 5) is 7.84. The lowest BCUT2D eigenvalue weighted by Crippen LogP contribution is -2.35. The zero-order valence-electron chi connectivity index (χ0n) is 9.86. The van der Waals surface area contributed by atoms with E-state index < -0.39 is 0 Å². The van der Waals surface area contributed by atoms with Crippen molar-refractivity contribution >= 4 is 0 Å². The van der Waals surface area contributed by atoms with Crippen molar-refractivity contribution in [2.24, 2.45) is 0 Å². The molecule has 1 aromatic carbocycles. The predicted molar refractivity (Wildman–Crippen MR) is 64.9 cm³/mol. The molecule has 0 radical (unpaired) electrons. The van der Waals surface area contributed by atoms with Gasteiger partial charge in [0.2, 0.25) is 0 Å². The first-order valence-corrected chi connectivity index (χ1v) is 5.95. The second-order valence-corrected chi connectivity index (χ2v) is 4.40.